The summed E-state index contributed by atoms with van der Waals surface area (Å²) in [7, 11) is 0. The van der Waals surface area contributed by atoms with Crippen LogP contribution >= 0.6 is 11.6 Å². The van der Waals surface area contributed by atoms with E-state index in [1.54, 1.807) is 0 Å². The Morgan fingerprint density at radius 3 is 2.82 bits per heavy atom. The number of nitrogens with zero attached hydrogens (tertiary/aromatic N) is 2. The quantitative estimate of drug-likeness (QED) is 0.830. The predicted octanol–water partition coefficient (Wildman–Crippen LogP) is 1.02. The largest absolute Gasteiger partial charge is 0.393 e. The molecule has 0 radical (unpaired) electrons. The van der Waals surface area contributed by atoms with E-state index >= 15 is 0 Å². The van der Waals surface area contributed by atoms with Gasteiger partial charge in [0.05, 0.1) is 12.4 Å². The average Bonchev–Trinajstić information content (AvgIpc) is 2.33. The van der Waals surface area contributed by atoms with Gasteiger partial charge < -0.3 is 15.0 Å². The Hall–Kier alpha value is -1.07. The molecule has 1 aromatic heterocycles. The normalized spacial score (nSPS) is 19.4. The lowest BCUT2D eigenvalue weighted by Crippen LogP contribution is -2.38. The fourth-order valence-corrected chi connectivity index (χ4v) is 2.41. The summed E-state index contributed by atoms with van der Waals surface area (Å²) in [5, 5.41) is 9.66. The smallest absolute Gasteiger partial charge is 0.271 e. The predicted molar refractivity (Wildman–Crippen MR) is 66.5 cm³/mol. The summed E-state index contributed by atoms with van der Waals surface area (Å²) in [6.07, 6.45) is 2.87. The molecule has 1 atom stereocenters. The number of hydrogen-bond donors (Lipinski definition) is 2. The number of rotatable bonds is 2. The number of aromatic amines is 1. The topological polar surface area (TPSA) is 69.2 Å². The molecule has 1 aromatic rings. The first kappa shape index (κ1) is 12.4. The van der Waals surface area contributed by atoms with E-state index in [0.717, 1.165) is 25.9 Å². The lowest BCUT2D eigenvalue weighted by molar-refractivity contribution is 0.110. The minimum absolute atomic E-state index is 0.142. The molecule has 2 N–H and O–H groups in total. The Morgan fingerprint density at radius 2 is 2.24 bits per heavy atom. The van der Waals surface area contributed by atoms with Gasteiger partial charge in [-0.15, -0.1) is 0 Å². The summed E-state index contributed by atoms with van der Waals surface area (Å²) in [6.45, 7) is 3.36. The maximum atomic E-state index is 11.4. The van der Waals surface area contributed by atoms with E-state index in [4.69, 9.17) is 11.6 Å². The molecule has 1 aliphatic rings. The fraction of sp³-hybridized carbons (Fsp3) is 0.636. The highest BCUT2D eigenvalue weighted by molar-refractivity contribution is 6.32. The van der Waals surface area contributed by atoms with Crippen LogP contribution < -0.4 is 10.5 Å². The molecule has 2 rings (SSSR count). The fourth-order valence-electron chi connectivity index (χ4n) is 2.19. The SMILES string of the molecule is CC(O)C1CCN(c2nc[nH]c(=O)c2Cl)CC1. The van der Waals surface area contributed by atoms with Gasteiger partial charge in [-0.2, -0.15) is 0 Å². The van der Waals surface area contributed by atoms with E-state index in [-0.39, 0.29) is 16.7 Å². The summed E-state index contributed by atoms with van der Waals surface area (Å²) in [5.41, 5.74) is -0.311. The molecule has 1 fully saturated rings. The van der Waals surface area contributed by atoms with Crippen molar-refractivity contribution in [2.75, 3.05) is 18.0 Å². The van der Waals surface area contributed by atoms with Gasteiger partial charge in [-0.3, -0.25) is 4.79 Å². The third kappa shape index (κ3) is 2.61. The number of H-pyrrole nitrogens is 1. The Labute approximate surface area is 104 Å². The summed E-state index contributed by atoms with van der Waals surface area (Å²) in [4.78, 5) is 19.9. The van der Waals surface area contributed by atoms with Gasteiger partial charge in [0.1, 0.15) is 5.02 Å². The van der Waals surface area contributed by atoms with Crippen molar-refractivity contribution < 1.29 is 5.11 Å². The first-order valence-electron chi connectivity index (χ1n) is 5.76. The van der Waals surface area contributed by atoms with E-state index < -0.39 is 0 Å². The molecular formula is C11H16ClN3O2. The van der Waals surface area contributed by atoms with Crippen molar-refractivity contribution in [3.05, 3.63) is 21.7 Å². The molecule has 1 unspecified atom stereocenters. The molecule has 0 amide bonds. The molecule has 0 bridgehead atoms. The second kappa shape index (κ2) is 5.06. The molecule has 6 heteroatoms. The Balaban J connectivity index is 2.11. The van der Waals surface area contributed by atoms with Crippen molar-refractivity contribution in [2.24, 2.45) is 5.92 Å². The van der Waals surface area contributed by atoms with Crippen LogP contribution in [0.25, 0.3) is 0 Å². The minimum atomic E-state index is -0.311. The van der Waals surface area contributed by atoms with Gasteiger partial charge in [0.25, 0.3) is 5.56 Å². The second-order valence-electron chi connectivity index (χ2n) is 4.43. The molecule has 0 spiro atoms. The van der Waals surface area contributed by atoms with E-state index in [2.05, 4.69) is 9.97 Å². The van der Waals surface area contributed by atoms with Crippen LogP contribution in [0.4, 0.5) is 5.82 Å². The number of anilines is 1. The molecule has 1 aliphatic heterocycles. The standard InChI is InChI=1S/C11H16ClN3O2/c1-7(16)8-2-4-15(5-3-8)10-9(12)11(17)14-6-13-10/h6-8,16H,2-5H2,1H3,(H,13,14,17). The summed E-state index contributed by atoms with van der Waals surface area (Å²) >= 11 is 5.93. The number of hydrogen-bond acceptors (Lipinski definition) is 4. The average molecular weight is 258 g/mol. The third-order valence-corrected chi connectivity index (χ3v) is 3.64. The first-order chi connectivity index (χ1) is 8.09. The molecule has 17 heavy (non-hydrogen) atoms. The van der Waals surface area contributed by atoms with Crippen LogP contribution in [-0.2, 0) is 0 Å². The Kier molecular flexibility index (Phi) is 3.69. The van der Waals surface area contributed by atoms with Gasteiger partial charge in [0.15, 0.2) is 5.82 Å². The van der Waals surface area contributed by atoms with Gasteiger partial charge in [-0.25, -0.2) is 4.98 Å². The highest BCUT2D eigenvalue weighted by Crippen LogP contribution is 2.26. The van der Waals surface area contributed by atoms with Gasteiger partial charge >= 0.3 is 0 Å². The van der Waals surface area contributed by atoms with E-state index in [0.29, 0.717) is 11.7 Å². The maximum absolute atomic E-state index is 11.4. The second-order valence-corrected chi connectivity index (χ2v) is 4.81. The molecule has 1 saturated heterocycles. The number of aromatic nitrogens is 2. The summed E-state index contributed by atoms with van der Waals surface area (Å²) in [5.74, 6) is 0.867. The van der Waals surface area contributed by atoms with Crippen LogP contribution in [0.1, 0.15) is 19.8 Å². The number of halogens is 1. The van der Waals surface area contributed by atoms with Crippen LogP contribution in [0.2, 0.25) is 5.02 Å². The van der Waals surface area contributed by atoms with E-state index in [1.807, 2.05) is 11.8 Å². The van der Waals surface area contributed by atoms with Crippen LogP contribution in [0.5, 0.6) is 0 Å². The van der Waals surface area contributed by atoms with Crippen LogP contribution in [0.15, 0.2) is 11.1 Å². The highest BCUT2D eigenvalue weighted by Gasteiger charge is 2.24. The number of nitrogens with one attached hydrogen (secondary N) is 1. The minimum Gasteiger partial charge on any atom is -0.393 e. The zero-order chi connectivity index (χ0) is 12.4. The van der Waals surface area contributed by atoms with E-state index in [1.165, 1.54) is 6.33 Å². The molecule has 0 aliphatic carbocycles. The zero-order valence-electron chi connectivity index (χ0n) is 9.69. The van der Waals surface area contributed by atoms with Crippen LogP contribution in [0.3, 0.4) is 0 Å². The monoisotopic (exact) mass is 257 g/mol. The van der Waals surface area contributed by atoms with Crippen molar-refractivity contribution in [1.29, 1.82) is 0 Å². The van der Waals surface area contributed by atoms with Gasteiger partial charge in [0.2, 0.25) is 0 Å². The van der Waals surface area contributed by atoms with Gasteiger partial charge in [-0.1, -0.05) is 11.6 Å². The molecule has 2 heterocycles. The van der Waals surface area contributed by atoms with Crippen molar-refractivity contribution in [2.45, 2.75) is 25.9 Å². The number of aliphatic hydroxyl groups excluding tert-OH is 1. The third-order valence-electron chi connectivity index (χ3n) is 3.30. The van der Waals surface area contributed by atoms with Crippen molar-refractivity contribution in [3.63, 3.8) is 0 Å². The molecular weight excluding hydrogens is 242 g/mol. The van der Waals surface area contributed by atoms with Gasteiger partial charge in [0, 0.05) is 13.1 Å². The Bertz CT molecular complexity index is 439. The lowest BCUT2D eigenvalue weighted by atomic mass is 9.92. The molecule has 0 saturated carbocycles. The van der Waals surface area contributed by atoms with Crippen molar-refractivity contribution >= 4 is 17.4 Å². The van der Waals surface area contributed by atoms with Crippen molar-refractivity contribution in [3.8, 4) is 0 Å². The molecule has 5 nitrogen and oxygen atoms in total. The maximum Gasteiger partial charge on any atom is 0.271 e. The zero-order valence-corrected chi connectivity index (χ0v) is 10.4. The number of aliphatic hydroxyl groups is 1. The summed E-state index contributed by atoms with van der Waals surface area (Å²) in [6, 6.07) is 0. The van der Waals surface area contributed by atoms with Gasteiger partial charge in [-0.05, 0) is 25.7 Å². The number of piperidine rings is 1. The van der Waals surface area contributed by atoms with Crippen LogP contribution in [0, 0.1) is 5.92 Å². The van der Waals surface area contributed by atoms with Crippen molar-refractivity contribution in [1.82, 2.24) is 9.97 Å². The lowest BCUT2D eigenvalue weighted by Gasteiger charge is -2.34. The Morgan fingerprint density at radius 1 is 1.59 bits per heavy atom. The highest BCUT2D eigenvalue weighted by atomic mass is 35.5. The molecule has 0 aromatic carbocycles. The first-order valence-corrected chi connectivity index (χ1v) is 6.13. The van der Waals surface area contributed by atoms with Crippen LogP contribution in [-0.4, -0.2) is 34.3 Å². The van der Waals surface area contributed by atoms with E-state index in [9.17, 15) is 9.90 Å². The summed E-state index contributed by atoms with van der Waals surface area (Å²) < 4.78 is 0. The molecule has 94 valence electrons.